The molecular formula is C20H21NO5S. The number of likely N-dealkylation sites (tertiary alicyclic amines) is 1. The Hall–Kier alpha value is -2.67. The van der Waals surface area contributed by atoms with Crippen LogP contribution in [-0.2, 0) is 20.4 Å². The van der Waals surface area contributed by atoms with Crippen molar-refractivity contribution in [3.63, 3.8) is 0 Å². The smallest absolute Gasteiger partial charge is 0.311 e. The van der Waals surface area contributed by atoms with Crippen molar-refractivity contribution in [1.82, 2.24) is 4.90 Å². The topological polar surface area (TPSA) is 91.8 Å². The van der Waals surface area contributed by atoms with Crippen molar-refractivity contribution in [1.29, 1.82) is 0 Å². The van der Waals surface area contributed by atoms with E-state index < -0.39 is 21.2 Å². The summed E-state index contributed by atoms with van der Waals surface area (Å²) in [5, 5.41) is 9.32. The molecule has 1 fully saturated rings. The standard InChI is InChI=1S/C20H21NO5S/c1-20(19(23)24)10-11-21(14-20)18(22)16-7-5-6-15(12-16)13-27(25,26)17-8-3-2-4-9-17/h2-9,12H,10-11,13-14H2,1H3,(H,23,24)/t20-/m1/s1. The number of carbonyl (C=O) groups is 2. The molecule has 0 unspecified atom stereocenters. The molecular weight excluding hydrogens is 366 g/mol. The number of aliphatic carboxylic acids is 1. The van der Waals surface area contributed by atoms with Crippen molar-refractivity contribution < 1.29 is 23.1 Å². The Kier molecular flexibility index (Phi) is 5.06. The quantitative estimate of drug-likeness (QED) is 0.851. The minimum absolute atomic E-state index is 0.147. The van der Waals surface area contributed by atoms with Gasteiger partial charge in [-0.15, -0.1) is 0 Å². The van der Waals surface area contributed by atoms with E-state index in [0.29, 0.717) is 24.1 Å². The Labute approximate surface area is 158 Å². The zero-order valence-electron chi connectivity index (χ0n) is 15.0. The van der Waals surface area contributed by atoms with Gasteiger partial charge in [-0.25, -0.2) is 8.42 Å². The first-order chi connectivity index (χ1) is 12.7. The molecule has 2 aromatic carbocycles. The van der Waals surface area contributed by atoms with Crippen molar-refractivity contribution in [2.24, 2.45) is 5.41 Å². The molecule has 1 saturated heterocycles. The van der Waals surface area contributed by atoms with Crippen molar-refractivity contribution >= 4 is 21.7 Å². The maximum atomic E-state index is 12.7. The Morgan fingerprint density at radius 3 is 2.44 bits per heavy atom. The third kappa shape index (κ3) is 4.03. The molecule has 0 saturated carbocycles. The number of sulfone groups is 1. The Balaban J connectivity index is 1.78. The van der Waals surface area contributed by atoms with Gasteiger partial charge >= 0.3 is 5.97 Å². The summed E-state index contributed by atoms with van der Waals surface area (Å²) in [6, 6.07) is 14.7. The molecule has 6 nitrogen and oxygen atoms in total. The Bertz CT molecular complexity index is 971. The number of carbonyl (C=O) groups excluding carboxylic acids is 1. The lowest BCUT2D eigenvalue weighted by molar-refractivity contribution is -0.147. The summed E-state index contributed by atoms with van der Waals surface area (Å²) >= 11 is 0. The van der Waals surface area contributed by atoms with Gasteiger partial charge in [-0.2, -0.15) is 0 Å². The van der Waals surface area contributed by atoms with Gasteiger partial charge in [0.15, 0.2) is 9.84 Å². The molecule has 0 aliphatic carbocycles. The lowest BCUT2D eigenvalue weighted by atomic mass is 9.90. The van der Waals surface area contributed by atoms with Crippen LogP contribution >= 0.6 is 0 Å². The van der Waals surface area contributed by atoms with Crippen LogP contribution in [0.4, 0.5) is 0 Å². The van der Waals surface area contributed by atoms with Gasteiger partial charge < -0.3 is 10.0 Å². The molecule has 3 rings (SSSR count). The van der Waals surface area contributed by atoms with E-state index in [-0.39, 0.29) is 23.1 Å². The fraction of sp³-hybridized carbons (Fsp3) is 0.300. The van der Waals surface area contributed by atoms with Gasteiger partial charge in [-0.05, 0) is 43.2 Å². The van der Waals surface area contributed by atoms with Crippen molar-refractivity contribution in [3.8, 4) is 0 Å². The molecule has 1 N–H and O–H groups in total. The van der Waals surface area contributed by atoms with Gasteiger partial charge in [-0.1, -0.05) is 30.3 Å². The molecule has 27 heavy (non-hydrogen) atoms. The molecule has 0 radical (unpaired) electrons. The lowest BCUT2D eigenvalue weighted by Crippen LogP contribution is -2.34. The fourth-order valence-electron chi connectivity index (χ4n) is 3.22. The lowest BCUT2D eigenvalue weighted by Gasteiger charge is -2.20. The van der Waals surface area contributed by atoms with Gasteiger partial charge in [0.2, 0.25) is 0 Å². The number of carboxylic acid groups (broad SMARTS) is 1. The second kappa shape index (κ2) is 7.15. The number of hydrogen-bond donors (Lipinski definition) is 1. The predicted octanol–water partition coefficient (Wildman–Crippen LogP) is 2.60. The van der Waals surface area contributed by atoms with Crippen LogP contribution in [0.5, 0.6) is 0 Å². The number of rotatable bonds is 5. The van der Waals surface area contributed by atoms with Crippen LogP contribution in [0.25, 0.3) is 0 Å². The van der Waals surface area contributed by atoms with Gasteiger partial charge in [0, 0.05) is 18.7 Å². The van der Waals surface area contributed by atoms with Crippen molar-refractivity contribution in [3.05, 3.63) is 65.7 Å². The molecule has 1 heterocycles. The average Bonchev–Trinajstić information content (AvgIpc) is 3.05. The summed E-state index contributed by atoms with van der Waals surface area (Å²) in [6.45, 7) is 2.15. The monoisotopic (exact) mass is 387 g/mol. The van der Waals surface area contributed by atoms with E-state index in [1.54, 1.807) is 61.5 Å². The minimum Gasteiger partial charge on any atom is -0.481 e. The predicted molar refractivity (Wildman–Crippen MR) is 100 cm³/mol. The minimum atomic E-state index is -3.51. The maximum absolute atomic E-state index is 12.7. The van der Waals surface area contributed by atoms with Crippen LogP contribution < -0.4 is 0 Å². The summed E-state index contributed by atoms with van der Waals surface area (Å²) in [6.07, 6.45) is 0.399. The number of nitrogens with zero attached hydrogens (tertiary/aromatic N) is 1. The second-order valence-electron chi connectivity index (χ2n) is 7.12. The highest BCUT2D eigenvalue weighted by molar-refractivity contribution is 7.90. The number of benzene rings is 2. The highest BCUT2D eigenvalue weighted by Crippen LogP contribution is 2.31. The summed E-state index contributed by atoms with van der Waals surface area (Å²) in [4.78, 5) is 25.8. The fourth-order valence-corrected chi connectivity index (χ4v) is 4.57. The number of carboxylic acids is 1. The first-order valence-electron chi connectivity index (χ1n) is 8.61. The summed E-state index contributed by atoms with van der Waals surface area (Å²) in [5.41, 5.74) is -0.0560. The highest BCUT2D eigenvalue weighted by atomic mass is 32.2. The molecule has 1 atom stereocenters. The SMILES string of the molecule is C[C@@]1(C(=O)O)CCN(C(=O)c2cccc(CS(=O)(=O)c3ccccc3)c2)C1. The van der Waals surface area contributed by atoms with Crippen molar-refractivity contribution in [2.45, 2.75) is 24.0 Å². The van der Waals surface area contributed by atoms with Crippen LogP contribution in [-0.4, -0.2) is 43.4 Å². The molecule has 0 spiro atoms. The maximum Gasteiger partial charge on any atom is 0.311 e. The van der Waals surface area contributed by atoms with Crippen LogP contribution in [0.15, 0.2) is 59.5 Å². The Morgan fingerprint density at radius 1 is 1.11 bits per heavy atom. The zero-order chi connectivity index (χ0) is 19.7. The van der Waals surface area contributed by atoms with Gasteiger partial charge in [-0.3, -0.25) is 9.59 Å². The summed E-state index contributed by atoms with van der Waals surface area (Å²) in [5.74, 6) is -1.40. The van der Waals surface area contributed by atoms with Gasteiger partial charge in [0.05, 0.1) is 16.1 Å². The average molecular weight is 387 g/mol. The van der Waals surface area contributed by atoms with Gasteiger partial charge in [0.1, 0.15) is 0 Å². The Morgan fingerprint density at radius 2 is 1.81 bits per heavy atom. The number of amides is 1. The summed E-state index contributed by atoms with van der Waals surface area (Å²) < 4.78 is 25.1. The van der Waals surface area contributed by atoms with E-state index >= 15 is 0 Å². The molecule has 1 aliphatic rings. The summed E-state index contributed by atoms with van der Waals surface area (Å²) in [7, 11) is -3.51. The molecule has 7 heteroatoms. The van der Waals surface area contributed by atoms with Crippen LogP contribution in [0.2, 0.25) is 0 Å². The van der Waals surface area contributed by atoms with Crippen LogP contribution in [0.1, 0.15) is 29.3 Å². The molecule has 0 aromatic heterocycles. The zero-order valence-corrected chi connectivity index (χ0v) is 15.8. The molecule has 1 aliphatic heterocycles. The van der Waals surface area contributed by atoms with Crippen molar-refractivity contribution in [2.75, 3.05) is 13.1 Å². The third-order valence-corrected chi connectivity index (χ3v) is 6.61. The first-order valence-corrected chi connectivity index (χ1v) is 10.3. The van der Waals surface area contributed by atoms with Gasteiger partial charge in [0.25, 0.3) is 5.91 Å². The first kappa shape index (κ1) is 19.1. The normalized spacial score (nSPS) is 19.8. The van der Waals surface area contributed by atoms with Crippen LogP contribution in [0, 0.1) is 5.41 Å². The molecule has 1 amide bonds. The number of hydrogen-bond acceptors (Lipinski definition) is 4. The van der Waals surface area contributed by atoms with E-state index in [1.807, 2.05) is 0 Å². The van der Waals surface area contributed by atoms with E-state index in [9.17, 15) is 23.1 Å². The van der Waals surface area contributed by atoms with Crippen LogP contribution in [0.3, 0.4) is 0 Å². The van der Waals surface area contributed by atoms with E-state index in [2.05, 4.69) is 0 Å². The molecule has 2 aromatic rings. The highest BCUT2D eigenvalue weighted by Gasteiger charge is 2.42. The molecule has 0 bridgehead atoms. The van der Waals surface area contributed by atoms with E-state index in [0.717, 1.165) is 0 Å². The van der Waals surface area contributed by atoms with E-state index in [4.69, 9.17) is 0 Å². The largest absolute Gasteiger partial charge is 0.481 e. The van der Waals surface area contributed by atoms with E-state index in [1.165, 1.54) is 4.90 Å². The second-order valence-corrected chi connectivity index (χ2v) is 9.10. The molecule has 142 valence electrons. The third-order valence-electron chi connectivity index (χ3n) is 4.91.